The van der Waals surface area contributed by atoms with Crippen LogP contribution in [0.3, 0.4) is 0 Å². The van der Waals surface area contributed by atoms with Gasteiger partial charge in [-0.05, 0) is 88.3 Å². The summed E-state index contributed by atoms with van der Waals surface area (Å²) in [6.45, 7) is 3.38. The SMILES string of the molecule is CCOC(=O)c1c(=O)c2cc(F)c(SCCc3cnccn3)cc2n2c1sc1ccccc12.CN1CCCC1CCNC(=O)c1c(=O)c2cc(F)c(SCCc3cnccn3)cc2n2c1sc1ccccc12. The van der Waals surface area contributed by atoms with Gasteiger partial charge in [0, 0.05) is 89.3 Å². The van der Waals surface area contributed by atoms with Gasteiger partial charge in [-0.3, -0.25) is 43.1 Å². The van der Waals surface area contributed by atoms with Crippen molar-refractivity contribution < 1.29 is 23.1 Å². The summed E-state index contributed by atoms with van der Waals surface area (Å²) in [5.41, 5.74) is 3.59. The van der Waals surface area contributed by atoms with Gasteiger partial charge in [-0.15, -0.1) is 46.2 Å². The van der Waals surface area contributed by atoms with E-state index in [0.29, 0.717) is 67.4 Å². The first-order valence-corrected chi connectivity index (χ1v) is 27.0. The van der Waals surface area contributed by atoms with Crippen LogP contribution in [-0.2, 0) is 17.6 Å². The van der Waals surface area contributed by atoms with Crippen molar-refractivity contribution in [1.29, 1.82) is 0 Å². The van der Waals surface area contributed by atoms with Gasteiger partial charge in [-0.25, -0.2) is 13.6 Å². The summed E-state index contributed by atoms with van der Waals surface area (Å²) in [4.78, 5) is 74.1. The fourth-order valence-electron chi connectivity index (χ4n) is 9.10. The third-order valence-electron chi connectivity index (χ3n) is 12.6. The maximum absolute atomic E-state index is 15.3. The molecule has 7 heterocycles. The Balaban J connectivity index is 0.000000168. The van der Waals surface area contributed by atoms with Crippen LogP contribution >= 0.6 is 46.2 Å². The maximum atomic E-state index is 15.3. The third kappa shape index (κ3) is 9.83. The predicted octanol–water partition coefficient (Wildman–Crippen LogP) is 10.3. The van der Waals surface area contributed by atoms with Gasteiger partial charge < -0.3 is 15.0 Å². The number of rotatable bonds is 14. The average molecular weight is 1040 g/mol. The summed E-state index contributed by atoms with van der Waals surface area (Å²) < 4.78 is 41.2. The molecule has 13 nitrogen and oxygen atoms in total. The smallest absolute Gasteiger partial charge is 0.345 e. The number of thiazole rings is 2. The Morgan fingerprint density at radius 3 is 1.76 bits per heavy atom. The Labute approximate surface area is 427 Å². The number of hydrogen-bond donors (Lipinski definition) is 1. The molecule has 1 unspecified atom stereocenters. The van der Waals surface area contributed by atoms with Crippen LogP contribution in [0.2, 0.25) is 0 Å². The number of carbonyl (C=O) groups is 2. The molecule has 0 aliphatic carbocycles. The van der Waals surface area contributed by atoms with Crippen LogP contribution in [0.5, 0.6) is 0 Å². The molecular formula is C53H46F2N8O5S4. The van der Waals surface area contributed by atoms with Gasteiger partial charge in [0.15, 0.2) is 0 Å². The van der Waals surface area contributed by atoms with Gasteiger partial charge >= 0.3 is 5.97 Å². The van der Waals surface area contributed by atoms with Gasteiger partial charge in [0.05, 0.1) is 54.8 Å². The fraction of sp³-hybridized carbons (Fsp3) is 0.245. The zero-order valence-electron chi connectivity index (χ0n) is 39.1. The first-order valence-electron chi connectivity index (χ1n) is 23.4. The molecule has 1 atom stereocenters. The number of pyridine rings is 2. The minimum Gasteiger partial charge on any atom is -0.462 e. The molecular weight excluding hydrogens is 995 g/mol. The molecule has 19 heteroatoms. The lowest BCUT2D eigenvalue weighted by Gasteiger charge is -2.19. The third-order valence-corrected chi connectivity index (χ3v) is 16.9. The minimum absolute atomic E-state index is 0.0620. The zero-order valence-corrected chi connectivity index (χ0v) is 42.4. The van der Waals surface area contributed by atoms with Gasteiger partial charge in [0.1, 0.15) is 32.4 Å². The summed E-state index contributed by atoms with van der Waals surface area (Å²) in [6, 6.07) is 21.8. The molecule has 72 heavy (non-hydrogen) atoms. The molecule has 1 N–H and O–H groups in total. The van der Waals surface area contributed by atoms with E-state index in [1.807, 2.05) is 57.3 Å². The molecule has 1 aliphatic rings. The Morgan fingerprint density at radius 2 is 1.26 bits per heavy atom. The van der Waals surface area contributed by atoms with Crippen molar-refractivity contribution in [3.63, 3.8) is 0 Å². The number of carbonyl (C=O) groups excluding carboxylic acids is 2. The number of esters is 1. The molecule has 1 saturated heterocycles. The molecule has 0 radical (unpaired) electrons. The predicted molar refractivity (Wildman–Crippen MR) is 285 cm³/mol. The number of benzene rings is 4. The maximum Gasteiger partial charge on any atom is 0.345 e. The van der Waals surface area contributed by atoms with E-state index in [2.05, 4.69) is 37.2 Å². The van der Waals surface area contributed by atoms with Crippen molar-refractivity contribution in [2.24, 2.45) is 0 Å². The minimum atomic E-state index is -0.698. The summed E-state index contributed by atoms with van der Waals surface area (Å²) in [6.07, 6.45) is 14.3. The topological polar surface area (TPSA) is 153 Å². The van der Waals surface area contributed by atoms with Crippen LogP contribution < -0.4 is 16.2 Å². The molecule has 1 fully saturated rings. The van der Waals surface area contributed by atoms with E-state index in [-0.39, 0.29) is 28.5 Å². The number of ether oxygens (including phenoxy) is 1. The summed E-state index contributed by atoms with van der Waals surface area (Å²) in [5, 5.41) is 3.33. The number of aryl methyl sites for hydroxylation is 2. The second kappa shape index (κ2) is 21.6. The van der Waals surface area contributed by atoms with Crippen molar-refractivity contribution in [2.45, 2.75) is 54.9 Å². The number of halogens is 2. The van der Waals surface area contributed by atoms with Gasteiger partial charge in [0.2, 0.25) is 10.9 Å². The number of aromatic nitrogens is 6. The van der Waals surface area contributed by atoms with E-state index in [0.717, 1.165) is 57.6 Å². The second-order valence-electron chi connectivity index (χ2n) is 17.1. The number of likely N-dealkylation sites (tertiary alicyclic amines) is 1. The van der Waals surface area contributed by atoms with Crippen LogP contribution in [-0.4, -0.2) is 89.8 Å². The Morgan fingerprint density at radius 1 is 0.736 bits per heavy atom. The van der Waals surface area contributed by atoms with Crippen LogP contribution in [0.25, 0.3) is 51.9 Å². The van der Waals surface area contributed by atoms with Crippen LogP contribution in [0.4, 0.5) is 8.78 Å². The lowest BCUT2D eigenvalue weighted by Crippen LogP contribution is -2.34. The van der Waals surface area contributed by atoms with E-state index in [1.54, 1.807) is 56.2 Å². The van der Waals surface area contributed by atoms with Crippen molar-refractivity contribution in [2.75, 3.05) is 38.2 Å². The van der Waals surface area contributed by atoms with E-state index in [4.69, 9.17) is 4.74 Å². The standard InChI is InChI=1S/C29H28FN5O2S2.C24H18FN3O3S2/c1-34-13-4-5-19(34)8-10-33-28(37)26-27(36)20-15-21(30)25(38-14-9-18-17-31-11-12-32-18)16-23(20)35-22-6-2-3-7-24(22)39-29(26)35;1-2-31-24(30)21-22(29)15-11-16(25)20(32-10-7-14-13-26-8-9-27-14)12-18(15)28-17-5-3-4-6-19(17)33-23(21)28/h2-3,6-7,11-12,15-17,19H,4-5,8-10,13-14H2,1H3,(H,33,37);3-6,8-9,11-13H,2,7,10H2,1H3. The zero-order chi connectivity index (χ0) is 49.9. The number of nitrogens with zero attached hydrogens (tertiary/aromatic N) is 7. The summed E-state index contributed by atoms with van der Waals surface area (Å²) in [5.74, 6) is -0.868. The number of hydrogen-bond acceptors (Lipinski definition) is 14. The van der Waals surface area contributed by atoms with E-state index in [9.17, 15) is 19.2 Å². The quantitative estimate of drug-likeness (QED) is 0.0815. The highest BCUT2D eigenvalue weighted by atomic mass is 32.2. The van der Waals surface area contributed by atoms with Crippen LogP contribution in [0, 0.1) is 11.6 Å². The molecule has 0 saturated carbocycles. The lowest BCUT2D eigenvalue weighted by atomic mass is 10.1. The summed E-state index contributed by atoms with van der Waals surface area (Å²) in [7, 11) is 2.10. The van der Waals surface area contributed by atoms with Crippen LogP contribution in [0.15, 0.2) is 129 Å². The average Bonchev–Trinajstić information content (AvgIpc) is 4.10. The van der Waals surface area contributed by atoms with Gasteiger partial charge in [-0.1, -0.05) is 24.3 Å². The van der Waals surface area contributed by atoms with E-state index < -0.39 is 34.4 Å². The first-order chi connectivity index (χ1) is 35.1. The number of nitrogens with one attached hydrogen (secondary N) is 1. The largest absolute Gasteiger partial charge is 0.462 e. The first kappa shape index (κ1) is 49.0. The normalized spacial score (nSPS) is 13.9. The Kier molecular flexibility index (Phi) is 14.7. The molecule has 0 bridgehead atoms. The highest BCUT2D eigenvalue weighted by Gasteiger charge is 2.26. The van der Waals surface area contributed by atoms with Crippen molar-refractivity contribution in [3.8, 4) is 0 Å². The summed E-state index contributed by atoms with van der Waals surface area (Å²) >= 11 is 5.48. The number of fused-ring (bicyclic) bond motifs is 10. The van der Waals surface area contributed by atoms with Gasteiger partial charge in [-0.2, -0.15) is 0 Å². The van der Waals surface area contributed by atoms with Crippen molar-refractivity contribution in [1.82, 2.24) is 39.0 Å². The van der Waals surface area contributed by atoms with E-state index >= 15 is 8.78 Å². The fourth-order valence-corrected chi connectivity index (χ4v) is 13.3. The highest BCUT2D eigenvalue weighted by molar-refractivity contribution is 7.99. The molecule has 1 amide bonds. The number of amides is 1. The Hall–Kier alpha value is -6.64. The van der Waals surface area contributed by atoms with Crippen molar-refractivity contribution >= 4 is 110 Å². The molecule has 10 aromatic rings. The van der Waals surface area contributed by atoms with Crippen molar-refractivity contribution in [3.05, 3.63) is 165 Å². The molecule has 0 spiro atoms. The highest BCUT2D eigenvalue weighted by Crippen LogP contribution is 2.36. The molecule has 11 rings (SSSR count). The Bertz CT molecular complexity index is 3800. The number of thioether (sulfide) groups is 2. The molecule has 6 aromatic heterocycles. The molecule has 4 aromatic carbocycles. The molecule has 1 aliphatic heterocycles. The monoisotopic (exact) mass is 1040 g/mol. The second-order valence-corrected chi connectivity index (χ2v) is 21.4. The van der Waals surface area contributed by atoms with Crippen LogP contribution in [0.1, 0.15) is 58.3 Å². The van der Waals surface area contributed by atoms with Gasteiger partial charge in [0.25, 0.3) is 5.91 Å². The lowest BCUT2D eigenvalue weighted by molar-refractivity contribution is 0.0527. The van der Waals surface area contributed by atoms with E-state index in [1.165, 1.54) is 58.3 Å². The number of para-hydroxylation sites is 2. The molecule has 366 valence electrons.